The summed E-state index contributed by atoms with van der Waals surface area (Å²) in [6.45, 7) is 0. The molecular formula is C12H6BrFN2. The fraction of sp³-hybridized carbons (Fsp3) is 0. The molecule has 1 aromatic carbocycles. The second-order valence-electron chi connectivity index (χ2n) is 3.14. The van der Waals surface area contributed by atoms with Crippen LogP contribution in [0.25, 0.3) is 11.1 Å². The van der Waals surface area contributed by atoms with Gasteiger partial charge in [-0.05, 0) is 24.3 Å². The van der Waals surface area contributed by atoms with Gasteiger partial charge in [0.1, 0.15) is 17.6 Å². The van der Waals surface area contributed by atoms with E-state index in [0.717, 1.165) is 0 Å². The summed E-state index contributed by atoms with van der Waals surface area (Å²) >= 11 is 3.18. The SMILES string of the molecule is N#Cc1ncccc1-c1ccc(Br)cc1F. The Hall–Kier alpha value is -1.73. The van der Waals surface area contributed by atoms with E-state index in [9.17, 15) is 4.39 Å². The number of hydrogen-bond acceptors (Lipinski definition) is 2. The molecular weight excluding hydrogens is 271 g/mol. The zero-order valence-corrected chi connectivity index (χ0v) is 9.70. The summed E-state index contributed by atoms with van der Waals surface area (Å²) in [6, 6.07) is 10.0. The van der Waals surface area contributed by atoms with Crippen LogP contribution in [-0.2, 0) is 0 Å². The summed E-state index contributed by atoms with van der Waals surface area (Å²) in [5.41, 5.74) is 1.12. The molecule has 0 saturated heterocycles. The summed E-state index contributed by atoms with van der Waals surface area (Å²) in [7, 11) is 0. The predicted molar refractivity (Wildman–Crippen MR) is 62.0 cm³/mol. The van der Waals surface area contributed by atoms with E-state index in [0.29, 0.717) is 15.6 Å². The van der Waals surface area contributed by atoms with Crippen LogP contribution < -0.4 is 0 Å². The van der Waals surface area contributed by atoms with Crippen molar-refractivity contribution in [3.63, 3.8) is 0 Å². The van der Waals surface area contributed by atoms with Crippen LogP contribution in [0.15, 0.2) is 41.0 Å². The lowest BCUT2D eigenvalue weighted by Crippen LogP contribution is -1.90. The Morgan fingerprint density at radius 3 is 2.75 bits per heavy atom. The van der Waals surface area contributed by atoms with Crippen molar-refractivity contribution in [3.05, 3.63) is 52.5 Å². The number of nitrogens with zero attached hydrogens (tertiary/aromatic N) is 2. The maximum atomic E-state index is 13.7. The Bertz CT molecular complexity index is 575. The van der Waals surface area contributed by atoms with Gasteiger partial charge in [-0.25, -0.2) is 9.37 Å². The van der Waals surface area contributed by atoms with E-state index < -0.39 is 0 Å². The van der Waals surface area contributed by atoms with Gasteiger partial charge >= 0.3 is 0 Å². The summed E-state index contributed by atoms with van der Waals surface area (Å²) in [4.78, 5) is 3.90. The lowest BCUT2D eigenvalue weighted by atomic mass is 10.0. The molecule has 0 unspecified atom stereocenters. The maximum absolute atomic E-state index is 13.7. The van der Waals surface area contributed by atoms with E-state index in [2.05, 4.69) is 20.9 Å². The van der Waals surface area contributed by atoms with Gasteiger partial charge in [-0.15, -0.1) is 0 Å². The highest BCUT2D eigenvalue weighted by Gasteiger charge is 2.10. The largest absolute Gasteiger partial charge is 0.245 e. The van der Waals surface area contributed by atoms with Gasteiger partial charge in [-0.2, -0.15) is 5.26 Å². The highest BCUT2D eigenvalue weighted by atomic mass is 79.9. The van der Waals surface area contributed by atoms with Crippen LogP contribution in [-0.4, -0.2) is 4.98 Å². The van der Waals surface area contributed by atoms with Crippen molar-refractivity contribution in [2.75, 3.05) is 0 Å². The highest BCUT2D eigenvalue weighted by Crippen LogP contribution is 2.26. The number of nitriles is 1. The van der Waals surface area contributed by atoms with Crippen LogP contribution in [0.1, 0.15) is 5.69 Å². The Labute approximate surface area is 100 Å². The van der Waals surface area contributed by atoms with Crippen molar-refractivity contribution in [2.24, 2.45) is 0 Å². The first-order valence-corrected chi connectivity index (χ1v) is 5.32. The molecule has 1 heterocycles. The lowest BCUT2D eigenvalue weighted by Gasteiger charge is -2.04. The molecule has 4 heteroatoms. The molecule has 0 saturated carbocycles. The fourth-order valence-electron chi connectivity index (χ4n) is 1.42. The maximum Gasteiger partial charge on any atom is 0.148 e. The Kier molecular flexibility index (Phi) is 2.97. The number of benzene rings is 1. The first kappa shape index (κ1) is 10.8. The van der Waals surface area contributed by atoms with E-state index in [1.807, 2.05) is 6.07 Å². The van der Waals surface area contributed by atoms with Crippen LogP contribution in [0.5, 0.6) is 0 Å². The molecule has 78 valence electrons. The molecule has 0 bridgehead atoms. The minimum Gasteiger partial charge on any atom is -0.245 e. The molecule has 0 aliphatic heterocycles. The predicted octanol–water partition coefficient (Wildman–Crippen LogP) is 3.52. The summed E-state index contributed by atoms with van der Waals surface area (Å²) in [5.74, 6) is -0.376. The smallest absolute Gasteiger partial charge is 0.148 e. The molecule has 0 fully saturated rings. The third kappa shape index (κ3) is 1.95. The van der Waals surface area contributed by atoms with Crippen LogP contribution in [0, 0.1) is 17.1 Å². The molecule has 16 heavy (non-hydrogen) atoms. The molecule has 2 rings (SSSR count). The molecule has 0 spiro atoms. The summed E-state index contributed by atoms with van der Waals surface area (Å²) in [6.07, 6.45) is 1.51. The Morgan fingerprint density at radius 1 is 1.25 bits per heavy atom. The number of hydrogen-bond donors (Lipinski definition) is 0. The molecule has 0 atom stereocenters. The van der Waals surface area contributed by atoms with Gasteiger partial charge in [-0.3, -0.25) is 0 Å². The van der Waals surface area contributed by atoms with Crippen molar-refractivity contribution in [3.8, 4) is 17.2 Å². The summed E-state index contributed by atoms with van der Waals surface area (Å²) in [5, 5.41) is 8.88. The van der Waals surface area contributed by atoms with Gasteiger partial charge in [0.05, 0.1) is 0 Å². The fourth-order valence-corrected chi connectivity index (χ4v) is 1.75. The number of halogens is 2. The molecule has 0 aliphatic carbocycles. The topological polar surface area (TPSA) is 36.7 Å². The molecule has 2 nitrogen and oxygen atoms in total. The zero-order chi connectivity index (χ0) is 11.5. The number of pyridine rings is 1. The average Bonchev–Trinajstić information content (AvgIpc) is 2.29. The minimum absolute atomic E-state index is 0.226. The van der Waals surface area contributed by atoms with E-state index in [4.69, 9.17) is 5.26 Å². The standard InChI is InChI=1S/C12H6BrFN2/c13-8-3-4-9(11(14)6-8)10-2-1-5-16-12(10)7-15/h1-6H. The van der Waals surface area contributed by atoms with Crippen LogP contribution >= 0.6 is 15.9 Å². The Morgan fingerprint density at radius 2 is 2.06 bits per heavy atom. The first-order chi connectivity index (χ1) is 7.72. The van der Waals surface area contributed by atoms with E-state index in [-0.39, 0.29) is 11.5 Å². The molecule has 0 N–H and O–H groups in total. The van der Waals surface area contributed by atoms with Crippen molar-refractivity contribution in [2.45, 2.75) is 0 Å². The van der Waals surface area contributed by atoms with Gasteiger partial charge in [-0.1, -0.05) is 22.0 Å². The molecule has 0 amide bonds. The second-order valence-corrected chi connectivity index (χ2v) is 4.05. The number of aromatic nitrogens is 1. The summed E-state index contributed by atoms with van der Waals surface area (Å²) < 4.78 is 14.3. The van der Waals surface area contributed by atoms with Crippen LogP contribution in [0.4, 0.5) is 4.39 Å². The second kappa shape index (κ2) is 4.42. The van der Waals surface area contributed by atoms with E-state index in [1.54, 1.807) is 24.3 Å². The van der Waals surface area contributed by atoms with Gasteiger partial charge in [0.15, 0.2) is 0 Å². The minimum atomic E-state index is -0.376. The van der Waals surface area contributed by atoms with Gasteiger partial charge in [0.25, 0.3) is 0 Å². The van der Waals surface area contributed by atoms with Gasteiger partial charge in [0.2, 0.25) is 0 Å². The monoisotopic (exact) mass is 276 g/mol. The average molecular weight is 277 g/mol. The van der Waals surface area contributed by atoms with Crippen LogP contribution in [0.3, 0.4) is 0 Å². The lowest BCUT2D eigenvalue weighted by molar-refractivity contribution is 0.630. The van der Waals surface area contributed by atoms with Gasteiger partial charge in [0, 0.05) is 21.8 Å². The molecule has 0 aliphatic rings. The van der Waals surface area contributed by atoms with E-state index in [1.165, 1.54) is 12.3 Å². The third-order valence-corrected chi connectivity index (χ3v) is 2.63. The number of rotatable bonds is 1. The van der Waals surface area contributed by atoms with E-state index >= 15 is 0 Å². The Balaban J connectivity index is 2.64. The normalized spacial score (nSPS) is 9.81. The zero-order valence-electron chi connectivity index (χ0n) is 8.11. The van der Waals surface area contributed by atoms with Crippen molar-refractivity contribution >= 4 is 15.9 Å². The first-order valence-electron chi connectivity index (χ1n) is 4.53. The third-order valence-electron chi connectivity index (χ3n) is 2.13. The van der Waals surface area contributed by atoms with Crippen molar-refractivity contribution in [1.29, 1.82) is 5.26 Å². The quantitative estimate of drug-likeness (QED) is 0.799. The van der Waals surface area contributed by atoms with Crippen LogP contribution in [0.2, 0.25) is 0 Å². The molecule has 0 radical (unpaired) electrons. The highest BCUT2D eigenvalue weighted by molar-refractivity contribution is 9.10. The molecule has 1 aromatic heterocycles. The molecule has 2 aromatic rings. The van der Waals surface area contributed by atoms with Gasteiger partial charge < -0.3 is 0 Å². The van der Waals surface area contributed by atoms with Crippen molar-refractivity contribution in [1.82, 2.24) is 4.98 Å². The van der Waals surface area contributed by atoms with Crippen molar-refractivity contribution < 1.29 is 4.39 Å².